The molecule has 0 unspecified atom stereocenters. The largest absolute Gasteiger partial charge is 0.297 e. The zero-order chi connectivity index (χ0) is 11.7. The lowest BCUT2D eigenvalue weighted by Gasteiger charge is -2.36. The van der Waals surface area contributed by atoms with Crippen molar-refractivity contribution in [2.75, 3.05) is 0 Å². The van der Waals surface area contributed by atoms with Crippen LogP contribution in [-0.4, -0.2) is 10.1 Å². The Morgan fingerprint density at radius 2 is 2.19 bits per heavy atom. The van der Waals surface area contributed by atoms with Gasteiger partial charge in [-0.3, -0.25) is 4.79 Å². The van der Waals surface area contributed by atoms with E-state index in [1.807, 2.05) is 0 Å². The molecule has 2 heteroatoms. The zero-order valence-electron chi connectivity index (χ0n) is 10.2. The van der Waals surface area contributed by atoms with E-state index in [0.29, 0.717) is 23.5 Å². The number of carbonyl (C=O) groups excluding carboxylic acids is 1. The lowest BCUT2D eigenvalue weighted by Crippen LogP contribution is -2.39. The van der Waals surface area contributed by atoms with E-state index in [1.54, 1.807) is 0 Å². The number of ketones is 1. The van der Waals surface area contributed by atoms with Crippen molar-refractivity contribution in [3.63, 3.8) is 0 Å². The van der Waals surface area contributed by atoms with Crippen molar-refractivity contribution in [3.8, 4) is 0 Å². The molecule has 1 nitrogen and oxygen atoms in total. The third-order valence-corrected chi connectivity index (χ3v) is 6.47. The van der Waals surface area contributed by atoms with E-state index in [9.17, 15) is 4.79 Å². The lowest BCUT2D eigenvalue weighted by atomic mass is 9.66. The van der Waals surface area contributed by atoms with Gasteiger partial charge in [0.2, 0.25) is 0 Å². The Morgan fingerprint density at radius 1 is 1.50 bits per heavy atom. The molecule has 0 spiro atoms. The molecule has 16 heavy (non-hydrogen) atoms. The third kappa shape index (κ3) is 1.01. The van der Waals surface area contributed by atoms with E-state index in [1.165, 1.54) is 12.0 Å². The SMILES string of the molecule is CC(C)C1=CC[C@@]2(C)C(=O)[C@]3(Br)CC[C@H]2[C@H]13. The van der Waals surface area contributed by atoms with Crippen LogP contribution in [0, 0.1) is 23.2 Å². The molecule has 0 aromatic carbocycles. The van der Waals surface area contributed by atoms with Crippen LogP contribution in [0.4, 0.5) is 0 Å². The maximum absolute atomic E-state index is 12.6. The summed E-state index contributed by atoms with van der Waals surface area (Å²) in [6.07, 6.45) is 5.59. The van der Waals surface area contributed by atoms with E-state index in [0.717, 1.165) is 12.8 Å². The molecular weight excluding hydrogens is 264 g/mol. The fourth-order valence-corrected chi connectivity index (χ4v) is 5.65. The maximum atomic E-state index is 12.6. The van der Waals surface area contributed by atoms with Crippen LogP contribution in [0.25, 0.3) is 0 Å². The van der Waals surface area contributed by atoms with Crippen LogP contribution < -0.4 is 0 Å². The number of rotatable bonds is 1. The first-order valence-electron chi connectivity index (χ1n) is 6.35. The number of allylic oxidation sites excluding steroid dienone is 2. The Labute approximate surface area is 106 Å². The molecule has 0 amide bonds. The van der Waals surface area contributed by atoms with Crippen molar-refractivity contribution in [2.45, 2.75) is 44.4 Å². The Bertz CT molecular complexity index is 398. The predicted molar refractivity (Wildman–Crippen MR) is 68.5 cm³/mol. The van der Waals surface area contributed by atoms with Gasteiger partial charge in [-0.2, -0.15) is 0 Å². The molecule has 0 saturated heterocycles. The molecule has 3 rings (SSSR count). The van der Waals surface area contributed by atoms with Crippen LogP contribution in [0.3, 0.4) is 0 Å². The summed E-state index contributed by atoms with van der Waals surface area (Å²) in [5.41, 5.74) is 1.47. The summed E-state index contributed by atoms with van der Waals surface area (Å²) in [6, 6.07) is 0. The molecule has 0 aromatic heterocycles. The van der Waals surface area contributed by atoms with Crippen molar-refractivity contribution in [2.24, 2.45) is 23.2 Å². The number of Topliss-reactive ketones (excluding diaryl/α,β-unsaturated/α-hetero) is 1. The monoisotopic (exact) mass is 282 g/mol. The first kappa shape index (κ1) is 11.0. The van der Waals surface area contributed by atoms with E-state index in [4.69, 9.17) is 0 Å². The topological polar surface area (TPSA) is 17.1 Å². The summed E-state index contributed by atoms with van der Waals surface area (Å²) in [5, 5.41) is 0. The minimum atomic E-state index is -0.209. The second-order valence-electron chi connectivity index (χ2n) is 6.29. The smallest absolute Gasteiger partial charge is 0.156 e. The molecular formula is C14H19BrO. The molecule has 3 aliphatic carbocycles. The van der Waals surface area contributed by atoms with Crippen molar-refractivity contribution >= 4 is 21.7 Å². The highest BCUT2D eigenvalue weighted by Crippen LogP contribution is 2.68. The minimum absolute atomic E-state index is 0.0647. The van der Waals surface area contributed by atoms with Gasteiger partial charge in [0.25, 0.3) is 0 Å². The Hall–Kier alpha value is -0.110. The molecule has 88 valence electrons. The molecule has 0 aliphatic heterocycles. The molecule has 2 fully saturated rings. The van der Waals surface area contributed by atoms with Crippen LogP contribution in [0.5, 0.6) is 0 Å². The Balaban J connectivity index is 2.15. The summed E-state index contributed by atoms with van der Waals surface area (Å²) >= 11 is 3.81. The normalized spacial score (nSPS) is 50.1. The highest BCUT2D eigenvalue weighted by molar-refractivity contribution is 9.10. The average Bonchev–Trinajstić information content (AvgIpc) is 2.61. The van der Waals surface area contributed by atoms with Gasteiger partial charge in [-0.15, -0.1) is 0 Å². The van der Waals surface area contributed by atoms with E-state index >= 15 is 0 Å². The summed E-state index contributed by atoms with van der Waals surface area (Å²) in [4.78, 5) is 12.6. The van der Waals surface area contributed by atoms with Gasteiger partial charge in [-0.05, 0) is 31.1 Å². The summed E-state index contributed by atoms with van der Waals surface area (Å²) in [7, 11) is 0. The highest BCUT2D eigenvalue weighted by atomic mass is 79.9. The van der Waals surface area contributed by atoms with Gasteiger partial charge < -0.3 is 0 Å². The zero-order valence-corrected chi connectivity index (χ0v) is 11.8. The fraction of sp³-hybridized carbons (Fsp3) is 0.786. The maximum Gasteiger partial charge on any atom is 0.156 e. The van der Waals surface area contributed by atoms with Crippen LogP contribution in [0.1, 0.15) is 40.0 Å². The van der Waals surface area contributed by atoms with Gasteiger partial charge >= 0.3 is 0 Å². The number of hydrogen-bond acceptors (Lipinski definition) is 1. The van der Waals surface area contributed by atoms with Crippen LogP contribution in [0.2, 0.25) is 0 Å². The molecule has 0 aromatic rings. The van der Waals surface area contributed by atoms with Crippen LogP contribution in [-0.2, 0) is 4.79 Å². The molecule has 4 atom stereocenters. The Morgan fingerprint density at radius 3 is 2.81 bits per heavy atom. The number of hydrogen-bond donors (Lipinski definition) is 0. The van der Waals surface area contributed by atoms with Gasteiger partial charge in [0, 0.05) is 11.3 Å². The van der Waals surface area contributed by atoms with Crippen molar-refractivity contribution in [1.82, 2.24) is 0 Å². The van der Waals surface area contributed by atoms with E-state index in [-0.39, 0.29) is 9.74 Å². The number of alkyl halides is 1. The lowest BCUT2D eigenvalue weighted by molar-refractivity contribution is -0.129. The molecule has 0 radical (unpaired) electrons. The summed E-state index contributed by atoms with van der Waals surface area (Å²) < 4.78 is -0.209. The quantitative estimate of drug-likeness (QED) is 0.529. The number of carbonyl (C=O) groups is 1. The molecule has 3 aliphatic rings. The molecule has 0 N–H and O–H groups in total. The first-order valence-corrected chi connectivity index (χ1v) is 7.14. The molecule has 2 saturated carbocycles. The van der Waals surface area contributed by atoms with Gasteiger partial charge in [0.1, 0.15) is 0 Å². The van der Waals surface area contributed by atoms with Crippen LogP contribution in [0.15, 0.2) is 11.6 Å². The highest BCUT2D eigenvalue weighted by Gasteiger charge is 2.70. The minimum Gasteiger partial charge on any atom is -0.297 e. The molecule has 0 heterocycles. The molecule has 4 bridgehead atoms. The Kier molecular flexibility index (Phi) is 2.07. The van der Waals surface area contributed by atoms with E-state index < -0.39 is 0 Å². The van der Waals surface area contributed by atoms with Gasteiger partial charge in [0.05, 0.1) is 4.32 Å². The summed E-state index contributed by atoms with van der Waals surface area (Å²) in [6.45, 7) is 6.70. The van der Waals surface area contributed by atoms with Crippen molar-refractivity contribution < 1.29 is 4.79 Å². The van der Waals surface area contributed by atoms with Gasteiger partial charge in [-0.1, -0.05) is 48.4 Å². The second-order valence-corrected chi connectivity index (χ2v) is 7.71. The summed E-state index contributed by atoms with van der Waals surface area (Å²) in [5.74, 6) is 2.15. The fourth-order valence-electron chi connectivity index (χ4n) is 4.38. The van der Waals surface area contributed by atoms with Crippen molar-refractivity contribution in [1.29, 1.82) is 0 Å². The first-order chi connectivity index (χ1) is 7.41. The van der Waals surface area contributed by atoms with Gasteiger partial charge in [0.15, 0.2) is 5.78 Å². The van der Waals surface area contributed by atoms with Crippen LogP contribution >= 0.6 is 15.9 Å². The second kappa shape index (κ2) is 3.01. The van der Waals surface area contributed by atoms with Crippen molar-refractivity contribution in [3.05, 3.63) is 11.6 Å². The third-order valence-electron chi connectivity index (χ3n) is 5.22. The predicted octanol–water partition coefficient (Wildman–Crippen LogP) is 3.72. The van der Waals surface area contributed by atoms with Gasteiger partial charge in [-0.25, -0.2) is 0 Å². The van der Waals surface area contributed by atoms with E-state index in [2.05, 4.69) is 42.8 Å². The average molecular weight is 283 g/mol. The number of halogens is 1. The standard InChI is InChI=1S/C14H19BrO/c1-8(2)9-4-6-13(3)10-5-7-14(15,11(9)10)12(13)16/h4,8,10-11H,5-7H2,1-3H3/t10-,11-,13+,14-/m0/s1.